The molecule has 210 valence electrons. The van der Waals surface area contributed by atoms with E-state index in [0.29, 0.717) is 55.2 Å². The highest BCUT2D eigenvalue weighted by Gasteiger charge is 2.37. The molecule has 3 aromatic rings. The molecule has 1 aliphatic heterocycles. The number of aromatic nitrogens is 1. The van der Waals surface area contributed by atoms with Gasteiger partial charge < -0.3 is 14.6 Å². The van der Waals surface area contributed by atoms with Gasteiger partial charge in [-0.25, -0.2) is 17.6 Å². The molecule has 1 fully saturated rings. The van der Waals surface area contributed by atoms with E-state index in [1.165, 1.54) is 13.2 Å². The zero-order chi connectivity index (χ0) is 28.2. The number of piperidine rings is 1. The van der Waals surface area contributed by atoms with Crippen molar-refractivity contribution < 1.29 is 41.3 Å². The fraction of sp³-hybridized carbons (Fsp3) is 0.429. The molecular weight excluding hydrogens is 523 g/mol. The number of fused-ring (bicyclic) bond motifs is 1. The molecule has 1 aliphatic rings. The zero-order valence-corrected chi connectivity index (χ0v) is 21.4. The first-order valence-electron chi connectivity index (χ1n) is 12.6. The van der Waals surface area contributed by atoms with Gasteiger partial charge in [0.15, 0.2) is 11.6 Å². The Morgan fingerprint density at radius 2 is 1.87 bits per heavy atom. The lowest BCUT2D eigenvalue weighted by Crippen LogP contribution is -2.42. The molecule has 1 atom stereocenters. The number of aliphatic carboxylic acids is 1. The molecule has 1 N–H and O–H groups in total. The van der Waals surface area contributed by atoms with E-state index in [0.717, 1.165) is 12.3 Å². The molecular formula is C28H29F5N2O4. The largest absolute Gasteiger partial charge is 0.497 e. The molecule has 0 spiro atoms. The fourth-order valence-electron chi connectivity index (χ4n) is 5.20. The van der Waals surface area contributed by atoms with Crippen molar-refractivity contribution in [2.45, 2.75) is 38.3 Å². The molecule has 2 aromatic carbocycles. The van der Waals surface area contributed by atoms with Crippen LogP contribution in [0.15, 0.2) is 36.5 Å². The molecule has 39 heavy (non-hydrogen) atoms. The number of carboxylic acids is 1. The van der Waals surface area contributed by atoms with E-state index < -0.39 is 46.6 Å². The van der Waals surface area contributed by atoms with E-state index in [1.54, 1.807) is 12.1 Å². The van der Waals surface area contributed by atoms with Gasteiger partial charge in [0.2, 0.25) is 5.82 Å². The zero-order valence-electron chi connectivity index (χ0n) is 21.4. The fourth-order valence-corrected chi connectivity index (χ4v) is 5.20. The number of pyridine rings is 1. The summed E-state index contributed by atoms with van der Waals surface area (Å²) in [5, 5.41) is 9.86. The predicted molar refractivity (Wildman–Crippen MR) is 134 cm³/mol. The highest BCUT2D eigenvalue weighted by Crippen LogP contribution is 2.43. The number of benzene rings is 2. The van der Waals surface area contributed by atoms with Gasteiger partial charge in [0.1, 0.15) is 30.2 Å². The lowest BCUT2D eigenvalue weighted by molar-refractivity contribution is -0.141. The van der Waals surface area contributed by atoms with Crippen LogP contribution in [0.4, 0.5) is 22.0 Å². The maximum atomic E-state index is 15.6. The number of hydrogen-bond donors (Lipinski definition) is 1. The van der Waals surface area contributed by atoms with Crippen LogP contribution in [0.2, 0.25) is 0 Å². The highest BCUT2D eigenvalue weighted by molar-refractivity contribution is 5.84. The Morgan fingerprint density at radius 1 is 1.13 bits per heavy atom. The van der Waals surface area contributed by atoms with Crippen LogP contribution in [0, 0.1) is 28.7 Å². The monoisotopic (exact) mass is 552 g/mol. The van der Waals surface area contributed by atoms with Gasteiger partial charge in [-0.3, -0.25) is 14.7 Å². The lowest BCUT2D eigenvalue weighted by atomic mass is 9.71. The van der Waals surface area contributed by atoms with Crippen molar-refractivity contribution in [2.75, 3.05) is 33.4 Å². The van der Waals surface area contributed by atoms with Crippen molar-refractivity contribution in [3.8, 4) is 11.5 Å². The van der Waals surface area contributed by atoms with Gasteiger partial charge in [-0.1, -0.05) is 0 Å². The Kier molecular flexibility index (Phi) is 8.89. The van der Waals surface area contributed by atoms with E-state index in [2.05, 4.69) is 4.98 Å². The first-order valence-corrected chi connectivity index (χ1v) is 12.6. The van der Waals surface area contributed by atoms with Crippen LogP contribution in [-0.2, 0) is 4.79 Å². The first-order chi connectivity index (χ1) is 18.6. The van der Waals surface area contributed by atoms with Crippen LogP contribution in [-0.4, -0.2) is 54.3 Å². The summed E-state index contributed by atoms with van der Waals surface area (Å²) in [6.45, 7) is 1.23. The number of carboxylic acid groups (broad SMARTS) is 1. The molecule has 6 nitrogen and oxygen atoms in total. The second-order valence-electron chi connectivity index (χ2n) is 9.87. The topological polar surface area (TPSA) is 71.9 Å². The van der Waals surface area contributed by atoms with Crippen molar-refractivity contribution in [1.29, 1.82) is 0 Å². The smallest absolute Gasteiger partial charge is 0.303 e. The van der Waals surface area contributed by atoms with Crippen LogP contribution in [0.5, 0.6) is 11.5 Å². The van der Waals surface area contributed by atoms with Crippen LogP contribution in [0.1, 0.15) is 43.8 Å². The van der Waals surface area contributed by atoms with E-state index in [9.17, 15) is 27.5 Å². The predicted octanol–water partition coefficient (Wildman–Crippen LogP) is 6.23. The van der Waals surface area contributed by atoms with Crippen LogP contribution in [0.25, 0.3) is 10.9 Å². The average Bonchev–Trinajstić information content (AvgIpc) is 2.90. The molecule has 1 saturated heterocycles. The molecule has 0 radical (unpaired) electrons. The minimum absolute atomic E-state index is 0.0316. The number of carbonyl (C=O) groups is 1. The quantitative estimate of drug-likeness (QED) is 0.225. The summed E-state index contributed by atoms with van der Waals surface area (Å²) in [6, 6.07) is 6.00. The molecule has 0 bridgehead atoms. The Balaban J connectivity index is 1.39. The Morgan fingerprint density at radius 3 is 2.56 bits per heavy atom. The number of alkyl halides is 1. The molecule has 0 saturated carbocycles. The minimum Gasteiger partial charge on any atom is -0.497 e. The third kappa shape index (κ3) is 6.76. The maximum Gasteiger partial charge on any atom is 0.303 e. The number of methoxy groups -OCH3 is 1. The Bertz CT molecular complexity index is 1330. The van der Waals surface area contributed by atoms with Crippen LogP contribution < -0.4 is 9.47 Å². The summed E-state index contributed by atoms with van der Waals surface area (Å²) in [6.07, 6.45) is 0.186. The first kappa shape index (κ1) is 28.5. The molecule has 1 aromatic heterocycles. The number of halogens is 5. The second-order valence-corrected chi connectivity index (χ2v) is 9.87. The third-order valence-corrected chi connectivity index (χ3v) is 7.38. The van der Waals surface area contributed by atoms with Gasteiger partial charge in [-0.05, 0) is 62.4 Å². The van der Waals surface area contributed by atoms with Crippen LogP contribution >= 0.6 is 0 Å². The summed E-state index contributed by atoms with van der Waals surface area (Å²) in [7, 11) is 1.45. The van der Waals surface area contributed by atoms with E-state index >= 15 is 4.39 Å². The average molecular weight is 553 g/mol. The summed E-state index contributed by atoms with van der Waals surface area (Å²) in [5.41, 5.74) is -0.394. The maximum absolute atomic E-state index is 15.6. The third-order valence-electron chi connectivity index (χ3n) is 7.38. The summed E-state index contributed by atoms with van der Waals surface area (Å²) >= 11 is 0. The lowest BCUT2D eigenvalue weighted by Gasteiger charge is -2.41. The molecule has 2 heterocycles. The number of hydrogen-bond acceptors (Lipinski definition) is 5. The Hall–Kier alpha value is -3.47. The van der Waals surface area contributed by atoms with Crippen molar-refractivity contribution in [3.63, 3.8) is 0 Å². The second kappa shape index (κ2) is 12.1. The number of rotatable bonds is 11. The van der Waals surface area contributed by atoms with Gasteiger partial charge in [0, 0.05) is 29.6 Å². The molecule has 11 heteroatoms. The number of ether oxygens (including phenoxy) is 2. The van der Waals surface area contributed by atoms with Crippen LogP contribution in [0.3, 0.4) is 0 Å². The van der Waals surface area contributed by atoms with Crippen molar-refractivity contribution in [1.82, 2.24) is 9.88 Å². The van der Waals surface area contributed by atoms with Gasteiger partial charge in [-0.15, -0.1) is 0 Å². The SMILES string of the molecule is COc1ccc2ncc(F)c([C@H](F)CCC3(CC(=O)O)CCN(CCOc4cc(F)cc(F)c4F)CC3)c2c1. The van der Waals surface area contributed by atoms with E-state index in [1.807, 2.05) is 4.90 Å². The van der Waals surface area contributed by atoms with Gasteiger partial charge in [-0.2, -0.15) is 4.39 Å². The number of likely N-dealkylation sites (tertiary alicyclic amines) is 1. The molecule has 0 unspecified atom stereocenters. The molecule has 0 aliphatic carbocycles. The minimum atomic E-state index is -1.68. The van der Waals surface area contributed by atoms with E-state index in [-0.39, 0.29) is 31.4 Å². The van der Waals surface area contributed by atoms with Crippen molar-refractivity contribution in [2.24, 2.45) is 5.41 Å². The van der Waals surface area contributed by atoms with Gasteiger partial charge >= 0.3 is 5.97 Å². The van der Waals surface area contributed by atoms with Gasteiger partial charge in [0.05, 0.1) is 25.2 Å². The Labute approximate surface area is 222 Å². The molecule has 0 amide bonds. The standard InChI is InChI=1S/C28H29F5N2O4/c1-38-18-2-3-23-19(14-18)26(22(32)16-34-23)20(30)4-5-28(15-25(36)37)6-8-35(9-7-28)10-11-39-24-13-17(29)12-21(31)27(24)33/h2-3,12-14,16,20H,4-11,15H2,1H3,(H,36,37)/t20-/m1/s1. The van der Waals surface area contributed by atoms with Crippen molar-refractivity contribution in [3.05, 3.63) is 65.4 Å². The normalized spacial score (nSPS) is 16.3. The summed E-state index contributed by atoms with van der Waals surface area (Å²) in [4.78, 5) is 17.7. The van der Waals surface area contributed by atoms with E-state index in [4.69, 9.17) is 9.47 Å². The summed E-state index contributed by atoms with van der Waals surface area (Å²) < 4.78 is 81.2. The van der Waals surface area contributed by atoms with Crippen molar-refractivity contribution >= 4 is 16.9 Å². The van der Waals surface area contributed by atoms with Gasteiger partial charge in [0.25, 0.3) is 0 Å². The number of nitrogens with zero attached hydrogens (tertiary/aromatic N) is 2. The molecule has 4 rings (SSSR count). The highest BCUT2D eigenvalue weighted by atomic mass is 19.2. The summed E-state index contributed by atoms with van der Waals surface area (Å²) in [5.74, 6) is -5.43.